The van der Waals surface area contributed by atoms with Crippen molar-refractivity contribution >= 4 is 17.4 Å². The maximum atomic E-state index is 13.3. The van der Waals surface area contributed by atoms with Crippen molar-refractivity contribution in [2.45, 2.75) is 82.3 Å². The molecule has 33 heavy (non-hydrogen) atoms. The van der Waals surface area contributed by atoms with Crippen LogP contribution in [0.5, 0.6) is 0 Å². The number of pyridine rings is 1. The van der Waals surface area contributed by atoms with Crippen molar-refractivity contribution in [3.8, 4) is 0 Å². The van der Waals surface area contributed by atoms with Gasteiger partial charge < -0.3 is 16.4 Å². The van der Waals surface area contributed by atoms with Crippen LogP contribution in [0.25, 0.3) is 5.65 Å². The molecular weight excluding hydrogens is 410 g/mol. The van der Waals surface area contributed by atoms with Crippen LogP contribution in [0.3, 0.4) is 0 Å². The lowest BCUT2D eigenvalue weighted by molar-refractivity contribution is 0.0927. The third-order valence-corrected chi connectivity index (χ3v) is 7.32. The molecule has 0 spiro atoms. The maximum absolute atomic E-state index is 13.3. The van der Waals surface area contributed by atoms with Crippen molar-refractivity contribution in [1.82, 2.24) is 14.7 Å². The van der Waals surface area contributed by atoms with Crippen molar-refractivity contribution in [3.63, 3.8) is 0 Å². The molecule has 0 unspecified atom stereocenters. The highest BCUT2D eigenvalue weighted by Gasteiger charge is 2.26. The van der Waals surface area contributed by atoms with Crippen LogP contribution in [0.2, 0.25) is 0 Å². The largest absolute Gasteiger partial charge is 0.366 e. The summed E-state index contributed by atoms with van der Waals surface area (Å²) in [5.74, 6) is 1.43. The molecule has 174 valence electrons. The fraction of sp³-hybridized carbons (Fsp3) is 0.481. The Bertz CT molecular complexity index is 1080. The molecule has 0 bridgehead atoms. The Labute approximate surface area is 196 Å². The van der Waals surface area contributed by atoms with Gasteiger partial charge in [-0.1, -0.05) is 49.6 Å². The second-order valence-corrected chi connectivity index (χ2v) is 9.72. The number of fused-ring (bicyclic) bond motifs is 1. The smallest absolute Gasteiger partial charge is 0.255 e. The highest BCUT2D eigenvalue weighted by molar-refractivity contribution is 6.00. The first-order chi connectivity index (χ1) is 16.2. The first-order valence-electron chi connectivity index (χ1n) is 12.5. The summed E-state index contributed by atoms with van der Waals surface area (Å²) in [7, 11) is 0. The molecule has 0 saturated heterocycles. The normalized spacial score (nSPS) is 21.7. The lowest BCUT2D eigenvalue weighted by atomic mass is 9.87. The molecule has 2 fully saturated rings. The molecule has 0 radical (unpaired) electrons. The highest BCUT2D eigenvalue weighted by Crippen LogP contribution is 2.37. The van der Waals surface area contributed by atoms with Crippen LogP contribution < -0.4 is 16.4 Å². The number of imidazole rings is 1. The predicted molar refractivity (Wildman–Crippen MR) is 132 cm³/mol. The van der Waals surface area contributed by atoms with Crippen molar-refractivity contribution < 1.29 is 4.79 Å². The van der Waals surface area contributed by atoms with E-state index in [1.54, 1.807) is 0 Å². The average molecular weight is 446 g/mol. The monoisotopic (exact) mass is 445 g/mol. The number of benzene rings is 1. The first kappa shape index (κ1) is 22.0. The van der Waals surface area contributed by atoms with Gasteiger partial charge in [0.1, 0.15) is 5.82 Å². The molecule has 6 nitrogen and oxygen atoms in total. The molecule has 6 heteroatoms. The molecule has 1 aromatic carbocycles. The lowest BCUT2D eigenvalue weighted by Gasteiger charge is -2.26. The van der Waals surface area contributed by atoms with Gasteiger partial charge in [0.2, 0.25) is 0 Å². The van der Waals surface area contributed by atoms with Gasteiger partial charge in [0.05, 0.1) is 11.3 Å². The fourth-order valence-corrected chi connectivity index (χ4v) is 5.41. The number of rotatable bonds is 6. The zero-order valence-electron chi connectivity index (χ0n) is 19.3. The highest BCUT2D eigenvalue weighted by atomic mass is 16.1. The summed E-state index contributed by atoms with van der Waals surface area (Å²) in [5, 5.41) is 6.90. The first-order valence-corrected chi connectivity index (χ1v) is 12.5. The summed E-state index contributed by atoms with van der Waals surface area (Å²) >= 11 is 0. The number of nitrogens with two attached hydrogens (primary N) is 1. The lowest BCUT2D eigenvalue weighted by Crippen LogP contribution is -2.40. The second-order valence-electron chi connectivity index (χ2n) is 9.72. The molecule has 2 aromatic heterocycles. The Morgan fingerprint density at radius 3 is 2.48 bits per heavy atom. The van der Waals surface area contributed by atoms with E-state index < -0.39 is 0 Å². The van der Waals surface area contributed by atoms with E-state index in [1.165, 1.54) is 24.8 Å². The van der Waals surface area contributed by atoms with E-state index in [1.807, 2.05) is 24.4 Å². The topological polar surface area (TPSA) is 84.5 Å². The van der Waals surface area contributed by atoms with Crippen molar-refractivity contribution in [2.75, 3.05) is 5.32 Å². The molecule has 2 heterocycles. The summed E-state index contributed by atoms with van der Waals surface area (Å²) in [6, 6.07) is 14.7. The number of hydrogen-bond acceptors (Lipinski definition) is 4. The molecule has 0 atom stereocenters. The van der Waals surface area contributed by atoms with Gasteiger partial charge in [0.15, 0.2) is 5.65 Å². The molecular formula is C27H35N5O. The van der Waals surface area contributed by atoms with Gasteiger partial charge in [-0.2, -0.15) is 0 Å². The number of amides is 1. The molecule has 5 rings (SSSR count). The average Bonchev–Trinajstić information content (AvgIpc) is 3.24. The van der Waals surface area contributed by atoms with Crippen molar-refractivity contribution in [3.05, 3.63) is 65.5 Å². The number of carbonyl (C=O) groups is 1. The van der Waals surface area contributed by atoms with Crippen molar-refractivity contribution in [2.24, 2.45) is 5.73 Å². The van der Waals surface area contributed by atoms with E-state index in [9.17, 15) is 4.79 Å². The number of carbonyl (C=O) groups excluding carboxylic acids is 1. The van der Waals surface area contributed by atoms with E-state index in [4.69, 9.17) is 10.7 Å². The summed E-state index contributed by atoms with van der Waals surface area (Å²) in [4.78, 5) is 18.4. The van der Waals surface area contributed by atoms with E-state index in [2.05, 4.69) is 39.3 Å². The molecule has 0 aliphatic heterocycles. The van der Waals surface area contributed by atoms with Crippen LogP contribution in [-0.4, -0.2) is 27.4 Å². The van der Waals surface area contributed by atoms with E-state index in [0.29, 0.717) is 11.5 Å². The minimum absolute atomic E-state index is 0.0316. The number of nitrogens with zero attached hydrogens (tertiary/aromatic N) is 2. The quantitative estimate of drug-likeness (QED) is 0.499. The van der Waals surface area contributed by atoms with Gasteiger partial charge in [-0.05, 0) is 56.2 Å². The summed E-state index contributed by atoms with van der Waals surface area (Å²) in [6.07, 6.45) is 12.0. The standard InChI is InChI=1S/C27H35N5O/c28-21-13-15-22(16-14-21)30-27(33)23-12-7-17-32-25(23)31-24(20-10-5-2-6-11-20)26(32)29-18-19-8-3-1-4-9-19/h1,3-4,7-9,12,17,20-22,29H,2,5-6,10-11,13-16,18,28H2,(H,30,33). The van der Waals surface area contributed by atoms with Crippen LogP contribution in [0.15, 0.2) is 48.7 Å². The number of aromatic nitrogens is 2. The fourth-order valence-electron chi connectivity index (χ4n) is 5.41. The zero-order chi connectivity index (χ0) is 22.6. The van der Waals surface area contributed by atoms with Crippen LogP contribution >= 0.6 is 0 Å². The summed E-state index contributed by atoms with van der Waals surface area (Å²) in [6.45, 7) is 0.729. The van der Waals surface area contributed by atoms with Crippen LogP contribution in [-0.2, 0) is 6.54 Å². The molecule has 3 aromatic rings. The van der Waals surface area contributed by atoms with Crippen LogP contribution in [0.1, 0.15) is 85.3 Å². The Hall–Kier alpha value is -2.86. The SMILES string of the molecule is NC1CCC(NC(=O)c2cccn3c(NCc4ccccc4)c(C4CCCCC4)nc23)CC1. The number of anilines is 1. The van der Waals surface area contributed by atoms with Crippen molar-refractivity contribution in [1.29, 1.82) is 0 Å². The third-order valence-electron chi connectivity index (χ3n) is 7.32. The van der Waals surface area contributed by atoms with E-state index in [-0.39, 0.29) is 18.0 Å². The second kappa shape index (κ2) is 9.96. The summed E-state index contributed by atoms with van der Waals surface area (Å²) < 4.78 is 2.08. The maximum Gasteiger partial charge on any atom is 0.255 e. The van der Waals surface area contributed by atoms with Gasteiger partial charge in [-0.15, -0.1) is 0 Å². The van der Waals surface area contributed by atoms with Gasteiger partial charge in [-0.3, -0.25) is 9.20 Å². The zero-order valence-corrected chi connectivity index (χ0v) is 19.3. The van der Waals surface area contributed by atoms with E-state index >= 15 is 0 Å². The number of hydrogen-bond donors (Lipinski definition) is 3. The Morgan fingerprint density at radius 1 is 0.970 bits per heavy atom. The summed E-state index contributed by atoms with van der Waals surface area (Å²) in [5.41, 5.74) is 9.77. The minimum atomic E-state index is -0.0316. The molecule has 4 N–H and O–H groups in total. The minimum Gasteiger partial charge on any atom is -0.366 e. The predicted octanol–water partition coefficient (Wildman–Crippen LogP) is 4.99. The molecule has 2 saturated carbocycles. The number of nitrogens with one attached hydrogen (secondary N) is 2. The Morgan fingerprint density at radius 2 is 1.73 bits per heavy atom. The molecule has 1 amide bonds. The van der Waals surface area contributed by atoms with Gasteiger partial charge in [0.25, 0.3) is 5.91 Å². The molecule has 2 aliphatic rings. The Kier molecular flexibility index (Phi) is 6.63. The van der Waals surface area contributed by atoms with Gasteiger partial charge >= 0.3 is 0 Å². The van der Waals surface area contributed by atoms with Crippen LogP contribution in [0.4, 0.5) is 5.82 Å². The van der Waals surface area contributed by atoms with Gasteiger partial charge in [-0.25, -0.2) is 4.98 Å². The van der Waals surface area contributed by atoms with Crippen LogP contribution in [0, 0.1) is 0 Å². The Balaban J connectivity index is 1.45. The third kappa shape index (κ3) is 4.91. The van der Waals surface area contributed by atoms with Gasteiger partial charge in [0, 0.05) is 30.7 Å². The molecule has 2 aliphatic carbocycles. The van der Waals surface area contributed by atoms with E-state index in [0.717, 1.165) is 62.2 Å².